The molecule has 2 aromatic rings. The normalized spacial score (nSPS) is 16.1. The van der Waals surface area contributed by atoms with Gasteiger partial charge >= 0.3 is 6.18 Å². The zero-order valence-corrected chi connectivity index (χ0v) is 15.3. The zero-order chi connectivity index (χ0) is 19.9. The summed E-state index contributed by atoms with van der Waals surface area (Å²) in [5.74, 6) is -0.877. The molecule has 0 amide bonds. The van der Waals surface area contributed by atoms with Gasteiger partial charge in [-0.3, -0.25) is 9.59 Å². The third-order valence-corrected chi connectivity index (χ3v) is 4.79. The average Bonchev–Trinajstić information content (AvgIpc) is 2.87. The lowest BCUT2D eigenvalue weighted by atomic mass is 9.85. The van der Waals surface area contributed by atoms with Gasteiger partial charge in [0, 0.05) is 12.0 Å². The number of carbonyl (C=O) groups is 2. The lowest BCUT2D eigenvalue weighted by Gasteiger charge is -2.17. The minimum Gasteiger partial charge on any atom is -0.300 e. The van der Waals surface area contributed by atoms with Crippen LogP contribution in [0, 0.1) is 6.92 Å². The maximum Gasteiger partial charge on any atom is 0.416 e. The summed E-state index contributed by atoms with van der Waals surface area (Å²) in [4.78, 5) is 24.8. The molecule has 1 atom stereocenters. The summed E-state index contributed by atoms with van der Waals surface area (Å²) in [6.45, 7) is 5.09. The molecular weight excluding hydrogens is 353 g/mol. The molecule has 3 rings (SSSR count). The summed E-state index contributed by atoms with van der Waals surface area (Å²) in [5.41, 5.74) is 2.99. The molecule has 0 bridgehead atoms. The second kappa shape index (κ2) is 6.80. The second-order valence-electron chi connectivity index (χ2n) is 7.07. The Morgan fingerprint density at radius 2 is 1.74 bits per heavy atom. The lowest BCUT2D eigenvalue weighted by molar-refractivity contribution is -0.137. The molecule has 0 heterocycles. The van der Waals surface area contributed by atoms with Crippen LogP contribution in [0.2, 0.25) is 0 Å². The Hall–Kier alpha value is -2.69. The van der Waals surface area contributed by atoms with Crippen molar-refractivity contribution in [3.05, 3.63) is 75.4 Å². The number of hydrogen-bond donors (Lipinski definition) is 0. The van der Waals surface area contributed by atoms with Crippen LogP contribution >= 0.6 is 0 Å². The van der Waals surface area contributed by atoms with Gasteiger partial charge in [0.25, 0.3) is 0 Å². The largest absolute Gasteiger partial charge is 0.416 e. The van der Waals surface area contributed by atoms with Crippen molar-refractivity contribution in [2.75, 3.05) is 0 Å². The van der Waals surface area contributed by atoms with Crippen molar-refractivity contribution in [1.29, 1.82) is 0 Å². The van der Waals surface area contributed by atoms with E-state index in [0.29, 0.717) is 27.8 Å². The van der Waals surface area contributed by atoms with Crippen molar-refractivity contribution >= 4 is 17.6 Å². The SMILES string of the molecule is CC(=O)Cc1cc(C)ccc1C(=O)C1C(C)=Cc2cc(C(F)(F)F)ccc21. The van der Waals surface area contributed by atoms with Crippen LogP contribution < -0.4 is 0 Å². The lowest BCUT2D eigenvalue weighted by Crippen LogP contribution is -2.16. The summed E-state index contributed by atoms with van der Waals surface area (Å²) in [6.07, 6.45) is -2.64. The van der Waals surface area contributed by atoms with Gasteiger partial charge in [-0.1, -0.05) is 41.5 Å². The highest BCUT2D eigenvalue weighted by Gasteiger charge is 2.35. The van der Waals surface area contributed by atoms with Crippen molar-refractivity contribution in [2.24, 2.45) is 0 Å². The molecule has 1 unspecified atom stereocenters. The first kappa shape index (κ1) is 19.1. The Labute approximate surface area is 155 Å². The first-order chi connectivity index (χ1) is 12.6. The molecule has 1 aliphatic carbocycles. The zero-order valence-electron chi connectivity index (χ0n) is 15.3. The highest BCUT2D eigenvalue weighted by molar-refractivity contribution is 6.07. The van der Waals surface area contributed by atoms with Crippen LogP contribution in [0.5, 0.6) is 0 Å². The van der Waals surface area contributed by atoms with E-state index in [4.69, 9.17) is 0 Å². The molecule has 0 radical (unpaired) electrons. The molecule has 0 aliphatic heterocycles. The predicted molar refractivity (Wildman–Crippen MR) is 97.7 cm³/mol. The fourth-order valence-electron chi connectivity index (χ4n) is 3.59. The molecule has 27 heavy (non-hydrogen) atoms. The first-order valence-corrected chi connectivity index (χ1v) is 8.60. The smallest absolute Gasteiger partial charge is 0.300 e. The van der Waals surface area contributed by atoms with Crippen LogP contribution in [0.15, 0.2) is 42.0 Å². The fourth-order valence-corrected chi connectivity index (χ4v) is 3.59. The first-order valence-electron chi connectivity index (χ1n) is 8.60. The molecule has 5 heteroatoms. The van der Waals surface area contributed by atoms with Crippen molar-refractivity contribution in [3.63, 3.8) is 0 Å². The number of rotatable bonds is 4. The molecule has 2 nitrogen and oxygen atoms in total. The van der Waals surface area contributed by atoms with E-state index in [1.54, 1.807) is 25.1 Å². The van der Waals surface area contributed by atoms with Gasteiger partial charge in [-0.25, -0.2) is 0 Å². The second-order valence-corrected chi connectivity index (χ2v) is 7.07. The molecule has 1 aliphatic rings. The van der Waals surface area contributed by atoms with Gasteiger partial charge in [0.05, 0.1) is 11.5 Å². The number of ketones is 2. The summed E-state index contributed by atoms with van der Waals surface area (Å²) in [6, 6.07) is 8.79. The van der Waals surface area contributed by atoms with Gasteiger partial charge in [0.1, 0.15) is 5.78 Å². The van der Waals surface area contributed by atoms with E-state index >= 15 is 0 Å². The molecule has 2 aromatic carbocycles. The summed E-state index contributed by atoms with van der Waals surface area (Å²) in [7, 11) is 0. The number of aryl methyl sites for hydroxylation is 1. The van der Waals surface area contributed by atoms with Crippen LogP contribution in [0.3, 0.4) is 0 Å². The van der Waals surface area contributed by atoms with Crippen molar-refractivity contribution < 1.29 is 22.8 Å². The summed E-state index contributed by atoms with van der Waals surface area (Å²) in [5, 5.41) is 0. The number of fused-ring (bicyclic) bond motifs is 1. The number of hydrogen-bond acceptors (Lipinski definition) is 2. The van der Waals surface area contributed by atoms with Crippen molar-refractivity contribution in [1.82, 2.24) is 0 Å². The highest BCUT2D eigenvalue weighted by Crippen LogP contribution is 2.41. The molecule has 140 valence electrons. The van der Waals surface area contributed by atoms with Crippen LogP contribution in [-0.2, 0) is 17.4 Å². The molecule has 0 saturated carbocycles. The Morgan fingerprint density at radius 3 is 2.37 bits per heavy atom. The van der Waals surface area contributed by atoms with E-state index in [9.17, 15) is 22.8 Å². The van der Waals surface area contributed by atoms with Gasteiger partial charge < -0.3 is 0 Å². The van der Waals surface area contributed by atoms with E-state index in [1.807, 2.05) is 13.0 Å². The van der Waals surface area contributed by atoms with E-state index in [1.165, 1.54) is 13.0 Å². The highest BCUT2D eigenvalue weighted by atomic mass is 19.4. The molecule has 0 saturated heterocycles. The summed E-state index contributed by atoms with van der Waals surface area (Å²) >= 11 is 0. The van der Waals surface area contributed by atoms with Crippen LogP contribution in [0.25, 0.3) is 6.08 Å². The maximum absolute atomic E-state index is 13.2. The maximum atomic E-state index is 13.2. The van der Waals surface area contributed by atoms with Gasteiger partial charge in [-0.15, -0.1) is 0 Å². The predicted octanol–water partition coefficient (Wildman–Crippen LogP) is 5.53. The Morgan fingerprint density at radius 1 is 1.04 bits per heavy atom. The monoisotopic (exact) mass is 372 g/mol. The number of carbonyl (C=O) groups excluding carboxylic acids is 2. The van der Waals surface area contributed by atoms with Crippen LogP contribution in [0.1, 0.15) is 57.9 Å². The average molecular weight is 372 g/mol. The number of Topliss-reactive ketones (excluding diaryl/α,β-unsaturated/α-hetero) is 2. The fraction of sp³-hybridized carbons (Fsp3) is 0.273. The topological polar surface area (TPSA) is 34.1 Å². The molecule has 0 aromatic heterocycles. The number of alkyl halides is 3. The minimum atomic E-state index is -4.43. The van der Waals surface area contributed by atoms with E-state index in [-0.39, 0.29) is 18.0 Å². The van der Waals surface area contributed by atoms with Gasteiger partial charge in [0.15, 0.2) is 5.78 Å². The standard InChI is InChI=1S/C22H19F3O2/c1-12-4-6-19(15(8-12)10-14(3)26)21(27)20-13(2)9-16-11-17(22(23,24)25)5-7-18(16)20/h4-9,11,20H,10H2,1-3H3. The molecule has 0 N–H and O–H groups in total. The third kappa shape index (κ3) is 3.72. The van der Waals surface area contributed by atoms with Crippen LogP contribution in [0.4, 0.5) is 13.2 Å². The number of benzene rings is 2. The van der Waals surface area contributed by atoms with Gasteiger partial charge in [-0.05, 0) is 49.6 Å². The number of allylic oxidation sites excluding steroid dienone is 1. The molecular formula is C22H19F3O2. The number of halogens is 3. The van der Waals surface area contributed by atoms with Crippen LogP contribution in [-0.4, -0.2) is 11.6 Å². The quantitative estimate of drug-likeness (QED) is 0.662. The molecule has 0 fully saturated rings. The molecule has 0 spiro atoms. The minimum absolute atomic E-state index is 0.0523. The van der Waals surface area contributed by atoms with Gasteiger partial charge in [-0.2, -0.15) is 13.2 Å². The Bertz CT molecular complexity index is 968. The van der Waals surface area contributed by atoms with Crippen molar-refractivity contribution in [3.8, 4) is 0 Å². The Kier molecular flexibility index (Phi) is 4.81. The third-order valence-electron chi connectivity index (χ3n) is 4.79. The van der Waals surface area contributed by atoms with Crippen molar-refractivity contribution in [2.45, 2.75) is 39.3 Å². The summed E-state index contributed by atoms with van der Waals surface area (Å²) < 4.78 is 38.9. The van der Waals surface area contributed by atoms with E-state index < -0.39 is 17.7 Å². The van der Waals surface area contributed by atoms with Gasteiger partial charge in [0.2, 0.25) is 0 Å². The Balaban J connectivity index is 2.04. The van der Waals surface area contributed by atoms with E-state index in [2.05, 4.69) is 0 Å². The van der Waals surface area contributed by atoms with E-state index in [0.717, 1.165) is 17.7 Å².